The van der Waals surface area contributed by atoms with Gasteiger partial charge < -0.3 is 5.32 Å². The molecule has 0 spiro atoms. The van der Waals surface area contributed by atoms with E-state index in [4.69, 9.17) is 34.8 Å². The Morgan fingerprint density at radius 1 is 1.17 bits per heavy atom. The number of hydrogen-bond acceptors (Lipinski definition) is 1. The van der Waals surface area contributed by atoms with Crippen LogP contribution in [0.1, 0.15) is 31.2 Å². The van der Waals surface area contributed by atoms with Gasteiger partial charge >= 0.3 is 0 Å². The monoisotopic (exact) mass is 305 g/mol. The number of benzene rings is 1. The highest BCUT2D eigenvalue weighted by atomic mass is 35.5. The summed E-state index contributed by atoms with van der Waals surface area (Å²) in [5, 5.41) is 5.00. The van der Waals surface area contributed by atoms with E-state index in [0.29, 0.717) is 17.0 Å². The molecule has 1 nitrogen and oxygen atoms in total. The van der Waals surface area contributed by atoms with Crippen LogP contribution >= 0.6 is 34.8 Å². The van der Waals surface area contributed by atoms with Gasteiger partial charge in [-0.3, -0.25) is 0 Å². The molecule has 0 radical (unpaired) electrons. The quantitative estimate of drug-likeness (QED) is 0.782. The average Bonchev–Trinajstić information content (AvgIpc) is 2.38. The van der Waals surface area contributed by atoms with Crippen LogP contribution in [0.25, 0.3) is 0 Å². The minimum Gasteiger partial charge on any atom is -0.310 e. The first-order valence-corrected chi connectivity index (χ1v) is 7.73. The largest absolute Gasteiger partial charge is 0.310 e. The third-order valence-electron chi connectivity index (χ3n) is 3.68. The van der Waals surface area contributed by atoms with Crippen LogP contribution in [0.5, 0.6) is 0 Å². The molecule has 0 heterocycles. The fourth-order valence-corrected chi connectivity index (χ4v) is 3.41. The van der Waals surface area contributed by atoms with Gasteiger partial charge in [0.25, 0.3) is 0 Å². The van der Waals surface area contributed by atoms with Crippen molar-refractivity contribution in [1.82, 2.24) is 5.32 Å². The number of hydrogen-bond donors (Lipinski definition) is 1. The van der Waals surface area contributed by atoms with Crippen LogP contribution in [0, 0.1) is 5.92 Å². The molecule has 0 saturated heterocycles. The molecule has 1 N–H and O–H groups in total. The Labute approximate surface area is 124 Å². The summed E-state index contributed by atoms with van der Waals surface area (Å²) in [6, 6.07) is 6.17. The Morgan fingerprint density at radius 2 is 1.94 bits per heavy atom. The second-order valence-electron chi connectivity index (χ2n) is 4.92. The van der Waals surface area contributed by atoms with Crippen molar-refractivity contribution in [2.75, 3.05) is 5.88 Å². The third-order valence-corrected chi connectivity index (χ3v) is 4.66. The van der Waals surface area contributed by atoms with Crippen molar-refractivity contribution in [3.8, 4) is 0 Å². The summed E-state index contributed by atoms with van der Waals surface area (Å²) in [4.78, 5) is 0. The van der Waals surface area contributed by atoms with Crippen molar-refractivity contribution >= 4 is 34.8 Å². The number of halogens is 3. The van der Waals surface area contributed by atoms with Gasteiger partial charge in [-0.25, -0.2) is 0 Å². The first-order valence-electron chi connectivity index (χ1n) is 6.44. The third kappa shape index (κ3) is 3.77. The lowest BCUT2D eigenvalue weighted by atomic mass is 9.85. The molecule has 18 heavy (non-hydrogen) atoms. The van der Waals surface area contributed by atoms with Gasteiger partial charge in [0.2, 0.25) is 0 Å². The van der Waals surface area contributed by atoms with E-state index in [1.54, 1.807) is 6.07 Å². The Kier molecular flexibility index (Phi) is 5.62. The van der Waals surface area contributed by atoms with Crippen molar-refractivity contribution in [2.45, 2.75) is 38.3 Å². The summed E-state index contributed by atoms with van der Waals surface area (Å²) in [6.07, 6.45) is 5.04. The summed E-state index contributed by atoms with van der Waals surface area (Å²) in [6.45, 7) is 0.786. The molecule has 4 heteroatoms. The zero-order valence-electron chi connectivity index (χ0n) is 10.3. The van der Waals surface area contributed by atoms with E-state index in [1.807, 2.05) is 12.1 Å². The van der Waals surface area contributed by atoms with Crippen LogP contribution in [0.4, 0.5) is 0 Å². The molecule has 1 aromatic rings. The molecule has 1 fully saturated rings. The standard InChI is InChI=1S/C14H18Cl3N/c15-8-10-3-1-2-4-14(10)18-9-11-5-6-12(16)7-13(11)17/h5-7,10,14,18H,1-4,8-9H2. The second-order valence-corrected chi connectivity index (χ2v) is 6.07. The Morgan fingerprint density at radius 3 is 2.67 bits per heavy atom. The second kappa shape index (κ2) is 7.00. The molecule has 0 aliphatic heterocycles. The van der Waals surface area contributed by atoms with Crippen molar-refractivity contribution in [2.24, 2.45) is 5.92 Å². The van der Waals surface area contributed by atoms with Gasteiger partial charge in [0, 0.05) is 28.5 Å². The van der Waals surface area contributed by atoms with Crippen LogP contribution in [0.15, 0.2) is 18.2 Å². The van der Waals surface area contributed by atoms with Crippen LogP contribution in [-0.4, -0.2) is 11.9 Å². The zero-order valence-corrected chi connectivity index (χ0v) is 12.5. The van der Waals surface area contributed by atoms with Gasteiger partial charge in [-0.1, -0.05) is 42.1 Å². The average molecular weight is 307 g/mol. The lowest BCUT2D eigenvalue weighted by Gasteiger charge is -2.31. The maximum absolute atomic E-state index is 6.17. The van der Waals surface area contributed by atoms with E-state index in [2.05, 4.69) is 5.32 Å². The molecule has 0 bridgehead atoms. The first-order chi connectivity index (χ1) is 8.70. The van der Waals surface area contributed by atoms with E-state index in [1.165, 1.54) is 25.7 Å². The number of alkyl halides is 1. The summed E-state index contributed by atoms with van der Waals surface area (Å²) in [5.41, 5.74) is 1.10. The normalized spacial score (nSPS) is 24.2. The Bertz CT molecular complexity index is 395. The molecular weight excluding hydrogens is 289 g/mol. The molecule has 2 atom stereocenters. The predicted octanol–water partition coefficient (Wildman–Crippen LogP) is 4.88. The highest BCUT2D eigenvalue weighted by Crippen LogP contribution is 2.26. The Hall–Kier alpha value is 0.0500. The smallest absolute Gasteiger partial charge is 0.0465 e. The van der Waals surface area contributed by atoms with Crippen LogP contribution in [-0.2, 0) is 6.54 Å². The highest BCUT2D eigenvalue weighted by Gasteiger charge is 2.23. The molecular formula is C14H18Cl3N. The summed E-state index contributed by atoms with van der Waals surface area (Å²) in [5.74, 6) is 1.33. The van der Waals surface area contributed by atoms with Crippen LogP contribution in [0.3, 0.4) is 0 Å². The Balaban J connectivity index is 1.93. The van der Waals surface area contributed by atoms with Gasteiger partial charge in [0.15, 0.2) is 0 Å². The van der Waals surface area contributed by atoms with Crippen LogP contribution in [0.2, 0.25) is 10.0 Å². The minimum absolute atomic E-state index is 0.517. The van der Waals surface area contributed by atoms with E-state index in [0.717, 1.165) is 23.0 Å². The van der Waals surface area contributed by atoms with Gasteiger partial charge in [-0.15, -0.1) is 11.6 Å². The van der Waals surface area contributed by atoms with Crippen molar-refractivity contribution < 1.29 is 0 Å². The maximum atomic E-state index is 6.17. The molecule has 100 valence electrons. The summed E-state index contributed by atoms with van der Waals surface area (Å²) in [7, 11) is 0. The molecule has 1 aromatic carbocycles. The zero-order chi connectivity index (χ0) is 13.0. The highest BCUT2D eigenvalue weighted by molar-refractivity contribution is 6.35. The maximum Gasteiger partial charge on any atom is 0.0465 e. The molecule has 1 saturated carbocycles. The van der Waals surface area contributed by atoms with Gasteiger partial charge in [-0.2, -0.15) is 0 Å². The van der Waals surface area contributed by atoms with Crippen molar-refractivity contribution in [1.29, 1.82) is 0 Å². The van der Waals surface area contributed by atoms with Gasteiger partial charge in [0.05, 0.1) is 0 Å². The van der Waals surface area contributed by atoms with E-state index < -0.39 is 0 Å². The minimum atomic E-state index is 0.517. The summed E-state index contributed by atoms with van der Waals surface area (Å²) < 4.78 is 0. The van der Waals surface area contributed by atoms with Crippen molar-refractivity contribution in [3.63, 3.8) is 0 Å². The molecule has 0 amide bonds. The van der Waals surface area contributed by atoms with E-state index in [9.17, 15) is 0 Å². The van der Waals surface area contributed by atoms with E-state index >= 15 is 0 Å². The van der Waals surface area contributed by atoms with E-state index in [-0.39, 0.29) is 0 Å². The lowest BCUT2D eigenvalue weighted by molar-refractivity contribution is 0.282. The molecule has 1 aliphatic rings. The van der Waals surface area contributed by atoms with Crippen molar-refractivity contribution in [3.05, 3.63) is 33.8 Å². The SMILES string of the molecule is ClCC1CCCCC1NCc1ccc(Cl)cc1Cl. The fourth-order valence-electron chi connectivity index (χ4n) is 2.57. The van der Waals surface area contributed by atoms with Gasteiger partial charge in [0.1, 0.15) is 0 Å². The first kappa shape index (κ1) is 14.5. The number of rotatable bonds is 4. The fraction of sp³-hybridized carbons (Fsp3) is 0.571. The van der Waals surface area contributed by atoms with Gasteiger partial charge in [-0.05, 0) is 36.5 Å². The topological polar surface area (TPSA) is 12.0 Å². The predicted molar refractivity (Wildman–Crippen MR) is 79.8 cm³/mol. The molecule has 2 rings (SSSR count). The summed E-state index contributed by atoms with van der Waals surface area (Å²) >= 11 is 18.1. The molecule has 1 aliphatic carbocycles. The number of nitrogens with one attached hydrogen (secondary N) is 1. The van der Waals surface area contributed by atoms with Crippen LogP contribution < -0.4 is 5.32 Å². The lowest BCUT2D eigenvalue weighted by Crippen LogP contribution is -2.39. The molecule has 2 unspecified atom stereocenters. The molecule has 0 aromatic heterocycles.